The van der Waals surface area contributed by atoms with E-state index in [2.05, 4.69) is 34.6 Å². The average Bonchev–Trinajstić information content (AvgIpc) is 3.08. The summed E-state index contributed by atoms with van der Waals surface area (Å²) < 4.78 is 5.59. The smallest absolute Gasteiger partial charge is 0.277 e. The van der Waals surface area contributed by atoms with E-state index in [1.807, 2.05) is 36.4 Å². The number of hydrogen-bond acceptors (Lipinski definition) is 5. The van der Waals surface area contributed by atoms with E-state index in [0.717, 1.165) is 0 Å². The van der Waals surface area contributed by atoms with E-state index in [9.17, 15) is 4.79 Å². The molecule has 3 rings (SSSR count). The van der Waals surface area contributed by atoms with Crippen molar-refractivity contribution in [1.29, 1.82) is 0 Å². The molecule has 0 aliphatic heterocycles. The highest BCUT2D eigenvalue weighted by molar-refractivity contribution is 7.99. The van der Waals surface area contributed by atoms with Gasteiger partial charge in [-0.1, -0.05) is 60.3 Å². The molecule has 0 unspecified atom stereocenters. The van der Waals surface area contributed by atoms with Gasteiger partial charge < -0.3 is 9.73 Å². The minimum Gasteiger partial charge on any atom is -0.414 e. The Hall–Kier alpha value is -2.60. The fourth-order valence-corrected chi connectivity index (χ4v) is 2.98. The molecule has 2 aromatic carbocycles. The van der Waals surface area contributed by atoms with E-state index in [1.165, 1.54) is 17.3 Å². The molecule has 0 saturated carbocycles. The van der Waals surface area contributed by atoms with Crippen molar-refractivity contribution >= 4 is 17.7 Å². The molecule has 6 heteroatoms. The number of aromatic nitrogens is 2. The van der Waals surface area contributed by atoms with Crippen molar-refractivity contribution in [3.63, 3.8) is 0 Å². The average molecular weight is 339 g/mol. The molecule has 24 heavy (non-hydrogen) atoms. The molecule has 0 radical (unpaired) electrons. The standard InChI is InChI=1S/C18H17N3O2S/c1-13(14-8-4-2-5-9-14)24-18-21-20-16(23-18)12-19-17(22)15-10-6-3-7-11-15/h2-11,13H,12H2,1H3,(H,19,22)/t13-/m1/s1. The first-order valence-corrected chi connectivity index (χ1v) is 8.47. The summed E-state index contributed by atoms with van der Waals surface area (Å²) in [6.07, 6.45) is 0. The number of carbonyl (C=O) groups excluding carboxylic acids is 1. The number of rotatable bonds is 6. The summed E-state index contributed by atoms with van der Waals surface area (Å²) in [5.41, 5.74) is 1.80. The summed E-state index contributed by atoms with van der Waals surface area (Å²) in [7, 11) is 0. The lowest BCUT2D eigenvalue weighted by molar-refractivity contribution is 0.0946. The van der Waals surface area contributed by atoms with Crippen LogP contribution in [0.2, 0.25) is 0 Å². The Morgan fingerprint density at radius 1 is 1.08 bits per heavy atom. The molecule has 0 aliphatic carbocycles. The van der Waals surface area contributed by atoms with Crippen LogP contribution in [0.4, 0.5) is 0 Å². The van der Waals surface area contributed by atoms with Gasteiger partial charge >= 0.3 is 0 Å². The molecule has 1 heterocycles. The molecule has 0 fully saturated rings. The molecule has 122 valence electrons. The Morgan fingerprint density at radius 3 is 2.46 bits per heavy atom. The minimum absolute atomic E-state index is 0.166. The Balaban J connectivity index is 1.55. The van der Waals surface area contributed by atoms with E-state index in [4.69, 9.17) is 4.42 Å². The Bertz CT molecular complexity index is 790. The number of nitrogens with one attached hydrogen (secondary N) is 1. The highest BCUT2D eigenvalue weighted by atomic mass is 32.2. The van der Waals surface area contributed by atoms with Crippen LogP contribution in [0.15, 0.2) is 70.3 Å². The molecule has 0 bridgehead atoms. The van der Waals surface area contributed by atoms with Gasteiger partial charge in [0.2, 0.25) is 5.89 Å². The van der Waals surface area contributed by atoms with E-state index in [1.54, 1.807) is 12.1 Å². The second-order valence-corrected chi connectivity index (χ2v) is 6.47. The predicted molar refractivity (Wildman–Crippen MR) is 92.6 cm³/mol. The monoisotopic (exact) mass is 339 g/mol. The van der Waals surface area contributed by atoms with Crippen LogP contribution in [0.25, 0.3) is 0 Å². The van der Waals surface area contributed by atoms with Crippen LogP contribution in [-0.4, -0.2) is 16.1 Å². The summed E-state index contributed by atoms with van der Waals surface area (Å²) in [5, 5.41) is 11.5. The van der Waals surface area contributed by atoms with Crippen molar-refractivity contribution in [1.82, 2.24) is 15.5 Å². The van der Waals surface area contributed by atoms with Crippen molar-refractivity contribution in [2.45, 2.75) is 23.9 Å². The van der Waals surface area contributed by atoms with Gasteiger partial charge in [-0.25, -0.2) is 0 Å². The minimum atomic E-state index is -0.166. The molecule has 0 saturated heterocycles. The molecular weight excluding hydrogens is 322 g/mol. The second-order valence-electron chi connectivity index (χ2n) is 5.18. The van der Waals surface area contributed by atoms with Crippen molar-refractivity contribution in [3.8, 4) is 0 Å². The zero-order chi connectivity index (χ0) is 16.8. The first-order valence-electron chi connectivity index (χ1n) is 7.59. The predicted octanol–water partition coefficient (Wildman–Crippen LogP) is 3.85. The Kier molecular flexibility index (Phi) is 5.28. The maximum absolute atomic E-state index is 12.0. The van der Waals surface area contributed by atoms with Gasteiger partial charge in [-0.2, -0.15) is 0 Å². The van der Waals surface area contributed by atoms with E-state index in [-0.39, 0.29) is 17.7 Å². The van der Waals surface area contributed by atoms with Gasteiger partial charge in [0.15, 0.2) is 0 Å². The third kappa shape index (κ3) is 4.23. The highest BCUT2D eigenvalue weighted by Crippen LogP contribution is 2.33. The van der Waals surface area contributed by atoms with Crippen molar-refractivity contribution in [2.75, 3.05) is 0 Å². The highest BCUT2D eigenvalue weighted by Gasteiger charge is 2.13. The van der Waals surface area contributed by atoms with Gasteiger partial charge in [0.05, 0.1) is 6.54 Å². The molecule has 1 atom stereocenters. The van der Waals surface area contributed by atoms with Gasteiger partial charge in [-0.05, 0) is 24.6 Å². The molecule has 1 N–H and O–H groups in total. The third-order valence-electron chi connectivity index (χ3n) is 3.43. The zero-order valence-electron chi connectivity index (χ0n) is 13.2. The number of amides is 1. The molecule has 3 aromatic rings. The molecular formula is C18H17N3O2S. The van der Waals surface area contributed by atoms with Crippen LogP contribution in [0.3, 0.4) is 0 Å². The Morgan fingerprint density at radius 2 is 1.75 bits per heavy atom. The Labute approximate surface area is 144 Å². The van der Waals surface area contributed by atoms with Crippen molar-refractivity contribution in [3.05, 3.63) is 77.7 Å². The summed E-state index contributed by atoms with van der Waals surface area (Å²) in [5.74, 6) is 0.225. The van der Waals surface area contributed by atoms with E-state index in [0.29, 0.717) is 16.7 Å². The lowest BCUT2D eigenvalue weighted by Gasteiger charge is -2.07. The molecule has 5 nitrogen and oxygen atoms in total. The van der Waals surface area contributed by atoms with Gasteiger partial charge in [0, 0.05) is 10.8 Å². The fraction of sp³-hybridized carbons (Fsp3) is 0.167. The van der Waals surface area contributed by atoms with E-state index >= 15 is 0 Å². The van der Waals surface area contributed by atoms with Crippen LogP contribution >= 0.6 is 11.8 Å². The topological polar surface area (TPSA) is 68.0 Å². The molecule has 1 amide bonds. The summed E-state index contributed by atoms with van der Waals surface area (Å²) in [6.45, 7) is 2.29. The van der Waals surface area contributed by atoms with Crippen LogP contribution in [0, 0.1) is 0 Å². The van der Waals surface area contributed by atoms with Crippen molar-refractivity contribution < 1.29 is 9.21 Å². The summed E-state index contributed by atoms with van der Waals surface area (Å²) in [6, 6.07) is 19.1. The van der Waals surface area contributed by atoms with Crippen LogP contribution in [0.5, 0.6) is 0 Å². The normalized spacial score (nSPS) is 11.9. The summed E-state index contributed by atoms with van der Waals surface area (Å²) >= 11 is 1.50. The lowest BCUT2D eigenvalue weighted by atomic mass is 10.2. The first-order chi connectivity index (χ1) is 11.7. The number of nitrogens with zero attached hydrogens (tertiary/aromatic N) is 2. The van der Waals surface area contributed by atoms with Crippen LogP contribution < -0.4 is 5.32 Å². The van der Waals surface area contributed by atoms with Gasteiger partial charge in [-0.3, -0.25) is 4.79 Å². The van der Waals surface area contributed by atoms with Crippen LogP contribution in [0.1, 0.15) is 34.0 Å². The lowest BCUT2D eigenvalue weighted by Crippen LogP contribution is -2.22. The molecule has 1 aromatic heterocycles. The van der Waals surface area contributed by atoms with Gasteiger partial charge in [0.1, 0.15) is 0 Å². The maximum atomic E-state index is 12.0. The second kappa shape index (κ2) is 7.79. The maximum Gasteiger partial charge on any atom is 0.277 e. The number of carbonyl (C=O) groups is 1. The van der Waals surface area contributed by atoms with Gasteiger partial charge in [-0.15, -0.1) is 10.2 Å². The van der Waals surface area contributed by atoms with E-state index < -0.39 is 0 Å². The molecule has 0 spiro atoms. The molecule has 0 aliphatic rings. The zero-order valence-corrected chi connectivity index (χ0v) is 14.0. The fourth-order valence-electron chi connectivity index (χ4n) is 2.15. The van der Waals surface area contributed by atoms with Gasteiger partial charge in [0.25, 0.3) is 11.1 Å². The number of benzene rings is 2. The number of hydrogen-bond donors (Lipinski definition) is 1. The SMILES string of the molecule is C[C@@H](Sc1nnc(CNC(=O)c2ccccc2)o1)c1ccccc1. The number of thioether (sulfide) groups is 1. The first kappa shape index (κ1) is 16.3. The summed E-state index contributed by atoms with van der Waals surface area (Å²) in [4.78, 5) is 12.0. The largest absolute Gasteiger partial charge is 0.414 e. The van der Waals surface area contributed by atoms with Crippen LogP contribution in [-0.2, 0) is 6.54 Å². The van der Waals surface area contributed by atoms with Crippen molar-refractivity contribution in [2.24, 2.45) is 0 Å². The third-order valence-corrected chi connectivity index (χ3v) is 4.42. The quantitative estimate of drug-likeness (QED) is 0.691.